The molecular weight excluding hydrogens is 434 g/mol. The Kier molecular flexibility index (Phi) is 5.99. The maximum absolute atomic E-state index is 6.75. The minimum atomic E-state index is 0.0903. The number of benzene rings is 2. The number of aryl methyl sites for hydroxylation is 6. The van der Waals surface area contributed by atoms with Gasteiger partial charge in [-0.15, -0.1) is 0 Å². The Balaban J connectivity index is 2.30. The topological polar surface area (TPSA) is 6.48 Å². The summed E-state index contributed by atoms with van der Waals surface area (Å²) in [5, 5.41) is 0.731. The van der Waals surface area contributed by atoms with Crippen molar-refractivity contribution in [2.45, 2.75) is 41.5 Å². The second kappa shape index (κ2) is 7.84. The Bertz CT molecular complexity index is 911. The molecule has 2 aromatic rings. The highest BCUT2D eigenvalue weighted by molar-refractivity contribution is 6.57. The molecular formula is C22H22Cl4N2. The van der Waals surface area contributed by atoms with Crippen LogP contribution in [0.3, 0.4) is 0 Å². The number of anilines is 2. The average Bonchev–Trinajstić information content (AvgIpc) is 2.79. The Morgan fingerprint density at radius 3 is 1.14 bits per heavy atom. The van der Waals surface area contributed by atoms with Crippen molar-refractivity contribution in [3.63, 3.8) is 0 Å². The third kappa shape index (κ3) is 3.52. The third-order valence-corrected chi connectivity index (χ3v) is 6.00. The molecule has 1 aliphatic rings. The van der Waals surface area contributed by atoms with Crippen LogP contribution in [0, 0.1) is 41.5 Å². The fraction of sp³-hybridized carbons (Fsp3) is 0.273. The highest BCUT2D eigenvalue weighted by atomic mass is 35.5. The maximum atomic E-state index is 6.75. The zero-order valence-electron chi connectivity index (χ0n) is 16.7. The minimum absolute atomic E-state index is 0.0903. The summed E-state index contributed by atoms with van der Waals surface area (Å²) in [6, 6.07) is 8.41. The molecule has 2 aromatic carbocycles. The number of halogens is 4. The summed E-state index contributed by atoms with van der Waals surface area (Å²) in [7, 11) is 0. The van der Waals surface area contributed by atoms with E-state index in [4.69, 9.17) is 46.4 Å². The Morgan fingerprint density at radius 2 is 0.893 bits per heavy atom. The predicted octanol–water partition coefficient (Wildman–Crippen LogP) is 8.07. The second-order valence-electron chi connectivity index (χ2n) is 7.33. The molecule has 0 saturated carbocycles. The number of hydrogen-bond donors (Lipinski definition) is 0. The number of nitrogens with zero attached hydrogens (tertiary/aromatic N) is 2. The first-order valence-electron chi connectivity index (χ1n) is 8.91. The molecule has 0 spiro atoms. The van der Waals surface area contributed by atoms with Crippen LogP contribution in [0.15, 0.2) is 44.9 Å². The molecule has 0 fully saturated rings. The van der Waals surface area contributed by atoms with E-state index < -0.39 is 0 Å². The fourth-order valence-corrected chi connectivity index (χ4v) is 4.93. The van der Waals surface area contributed by atoms with E-state index >= 15 is 0 Å². The summed E-state index contributed by atoms with van der Waals surface area (Å²) in [4.78, 5) is 3.67. The molecule has 0 radical (unpaired) electrons. The second-order valence-corrected chi connectivity index (χ2v) is 9.00. The van der Waals surface area contributed by atoms with Gasteiger partial charge in [0, 0.05) is 0 Å². The lowest BCUT2D eigenvalue weighted by Gasteiger charge is -2.30. The number of rotatable bonds is 2. The van der Waals surface area contributed by atoms with Gasteiger partial charge >= 0.3 is 0 Å². The van der Waals surface area contributed by atoms with Crippen LogP contribution in [0.5, 0.6) is 0 Å². The summed E-state index contributed by atoms with van der Waals surface area (Å²) in [6.07, 6.45) is 0. The maximum Gasteiger partial charge on any atom is 0.155 e. The van der Waals surface area contributed by atoms with Gasteiger partial charge in [0.15, 0.2) is 16.1 Å². The molecule has 0 saturated heterocycles. The van der Waals surface area contributed by atoms with E-state index in [1.807, 2.05) is 37.5 Å². The summed E-state index contributed by atoms with van der Waals surface area (Å²) >= 11 is 26.3. The average molecular weight is 456 g/mol. The zero-order chi connectivity index (χ0) is 20.9. The normalized spacial score (nSPS) is 14.4. The van der Waals surface area contributed by atoms with Gasteiger partial charge in [0.05, 0.1) is 11.4 Å². The Labute approximate surface area is 186 Å². The highest BCUT2D eigenvalue weighted by Crippen LogP contribution is 2.48. The SMILES string of the molecule is Cc1cc(C)c(N2C(Cl)=C(Cl)N(c3c(C)cc(C)cc3C)C2=C(Cl)Cl)c(C)c1. The molecule has 28 heavy (non-hydrogen) atoms. The van der Waals surface area contributed by atoms with Crippen LogP contribution in [0.2, 0.25) is 0 Å². The van der Waals surface area contributed by atoms with Gasteiger partial charge in [-0.1, -0.05) is 81.8 Å². The van der Waals surface area contributed by atoms with E-state index in [9.17, 15) is 0 Å². The van der Waals surface area contributed by atoms with Crippen molar-refractivity contribution < 1.29 is 0 Å². The van der Waals surface area contributed by atoms with Gasteiger partial charge in [-0.3, -0.25) is 9.80 Å². The molecule has 1 aliphatic heterocycles. The molecule has 0 amide bonds. The summed E-state index contributed by atoms with van der Waals surface area (Å²) < 4.78 is 0.0903. The lowest BCUT2D eigenvalue weighted by atomic mass is 10.0. The van der Waals surface area contributed by atoms with Crippen LogP contribution in [0.1, 0.15) is 33.4 Å². The third-order valence-electron chi connectivity index (χ3n) is 4.87. The Hall–Kier alpha value is -1.32. The summed E-state index contributed by atoms with van der Waals surface area (Å²) in [5.74, 6) is 0.531. The van der Waals surface area contributed by atoms with Crippen molar-refractivity contribution in [1.82, 2.24) is 0 Å². The molecule has 0 bridgehead atoms. The standard InChI is InChI=1S/C22H22Cl4N2/c1-11-7-13(3)17(14(4)8-11)27-20(25)21(26)28(22(27)19(23)24)18-15(5)9-12(2)10-16(18)6/h7-10H,1-6H3. The molecule has 3 rings (SSSR count). The van der Waals surface area contributed by atoms with Gasteiger partial charge in [-0.05, 0) is 63.8 Å². The van der Waals surface area contributed by atoms with E-state index in [0.717, 1.165) is 33.6 Å². The van der Waals surface area contributed by atoms with E-state index in [1.165, 1.54) is 11.1 Å². The van der Waals surface area contributed by atoms with E-state index in [-0.39, 0.29) is 4.49 Å². The van der Waals surface area contributed by atoms with Crippen molar-refractivity contribution in [3.8, 4) is 0 Å². The first kappa shape index (κ1) is 21.4. The van der Waals surface area contributed by atoms with Gasteiger partial charge < -0.3 is 0 Å². The van der Waals surface area contributed by atoms with Crippen molar-refractivity contribution in [2.24, 2.45) is 0 Å². The van der Waals surface area contributed by atoms with Gasteiger partial charge in [0.1, 0.15) is 4.49 Å². The summed E-state index contributed by atoms with van der Waals surface area (Å²) in [6.45, 7) is 12.3. The smallest absolute Gasteiger partial charge is 0.155 e. The number of hydrogen-bond acceptors (Lipinski definition) is 2. The van der Waals surface area contributed by atoms with Crippen molar-refractivity contribution in [2.75, 3.05) is 9.80 Å². The first-order valence-corrected chi connectivity index (χ1v) is 10.4. The van der Waals surface area contributed by atoms with Crippen LogP contribution < -0.4 is 9.80 Å². The highest BCUT2D eigenvalue weighted by Gasteiger charge is 2.39. The Morgan fingerprint density at radius 1 is 0.607 bits per heavy atom. The molecule has 148 valence electrons. The van der Waals surface area contributed by atoms with E-state index in [0.29, 0.717) is 16.1 Å². The molecule has 1 heterocycles. The minimum Gasteiger partial charge on any atom is -0.281 e. The van der Waals surface area contributed by atoms with Crippen molar-refractivity contribution in [3.05, 3.63) is 78.3 Å². The fourth-order valence-electron chi connectivity index (χ4n) is 4.10. The quantitative estimate of drug-likeness (QED) is 0.422. The van der Waals surface area contributed by atoms with Crippen LogP contribution in [0.4, 0.5) is 11.4 Å². The molecule has 0 aliphatic carbocycles. The lowest BCUT2D eigenvalue weighted by molar-refractivity contribution is 1.07. The predicted molar refractivity (Wildman–Crippen MR) is 124 cm³/mol. The molecule has 2 nitrogen and oxygen atoms in total. The van der Waals surface area contributed by atoms with Gasteiger partial charge in [0.25, 0.3) is 0 Å². The molecule has 0 unspecified atom stereocenters. The van der Waals surface area contributed by atoms with E-state index in [2.05, 4.69) is 38.1 Å². The molecule has 0 aromatic heterocycles. The molecule has 6 heteroatoms. The zero-order valence-corrected chi connectivity index (χ0v) is 19.7. The molecule has 0 atom stereocenters. The summed E-state index contributed by atoms with van der Waals surface area (Å²) in [5.41, 5.74) is 8.44. The van der Waals surface area contributed by atoms with Gasteiger partial charge in [-0.2, -0.15) is 0 Å². The largest absolute Gasteiger partial charge is 0.281 e. The first-order chi connectivity index (χ1) is 13.0. The van der Waals surface area contributed by atoms with E-state index in [1.54, 1.807) is 0 Å². The molecule has 0 N–H and O–H groups in total. The van der Waals surface area contributed by atoms with Crippen molar-refractivity contribution in [1.29, 1.82) is 0 Å². The van der Waals surface area contributed by atoms with Crippen LogP contribution in [-0.2, 0) is 0 Å². The van der Waals surface area contributed by atoms with Crippen molar-refractivity contribution >= 4 is 57.8 Å². The van der Waals surface area contributed by atoms with Gasteiger partial charge in [0.2, 0.25) is 0 Å². The lowest BCUT2D eigenvalue weighted by Crippen LogP contribution is -2.27. The van der Waals surface area contributed by atoms with Crippen LogP contribution in [0.25, 0.3) is 0 Å². The monoisotopic (exact) mass is 454 g/mol. The van der Waals surface area contributed by atoms with Crippen LogP contribution >= 0.6 is 46.4 Å². The van der Waals surface area contributed by atoms with Crippen LogP contribution in [-0.4, -0.2) is 0 Å². The van der Waals surface area contributed by atoms with Gasteiger partial charge in [-0.25, -0.2) is 0 Å².